The van der Waals surface area contributed by atoms with Gasteiger partial charge in [0, 0.05) is 19.6 Å². The minimum absolute atomic E-state index is 0.852. The number of rotatable bonds is 3. The van der Waals surface area contributed by atoms with Gasteiger partial charge in [-0.05, 0) is 25.9 Å². The van der Waals surface area contributed by atoms with E-state index in [1.54, 1.807) is 0 Å². The van der Waals surface area contributed by atoms with Crippen LogP contribution in [-0.2, 0) is 0 Å². The fraction of sp³-hybridized carbons (Fsp3) is 1.00. The van der Waals surface area contributed by atoms with E-state index in [1.165, 1.54) is 13.0 Å². The maximum Gasteiger partial charge on any atom is 0.0174 e. The normalized spacial score (nSPS) is 26.1. The molecule has 1 fully saturated rings. The standard InChI is InChI=1S/C8H17N2/c1-3-10(2)7-8-4-5-9-6-8/h8H,3-7H2,1-2H3. The van der Waals surface area contributed by atoms with Crippen molar-refractivity contribution in [3.63, 3.8) is 0 Å². The molecule has 0 aromatic heterocycles. The number of nitrogens with zero attached hydrogens (tertiary/aromatic N) is 2. The Hall–Kier alpha value is -0.0800. The minimum atomic E-state index is 0.852. The lowest BCUT2D eigenvalue weighted by atomic mass is 10.1. The third kappa shape index (κ3) is 2.27. The first kappa shape index (κ1) is 8.02. The third-order valence-electron chi connectivity index (χ3n) is 2.19. The summed E-state index contributed by atoms with van der Waals surface area (Å²) < 4.78 is 0. The van der Waals surface area contributed by atoms with Gasteiger partial charge in [0.2, 0.25) is 0 Å². The summed E-state index contributed by atoms with van der Waals surface area (Å²) in [5.41, 5.74) is 0. The van der Waals surface area contributed by atoms with Crippen molar-refractivity contribution in [1.82, 2.24) is 10.2 Å². The van der Waals surface area contributed by atoms with Crippen molar-refractivity contribution in [3.05, 3.63) is 0 Å². The highest BCUT2D eigenvalue weighted by atomic mass is 15.1. The number of hydrogen-bond donors (Lipinski definition) is 0. The number of hydrogen-bond acceptors (Lipinski definition) is 1. The zero-order valence-corrected chi connectivity index (χ0v) is 7.01. The van der Waals surface area contributed by atoms with Crippen molar-refractivity contribution in [1.29, 1.82) is 0 Å². The molecule has 2 heteroatoms. The zero-order valence-electron chi connectivity index (χ0n) is 7.01. The molecule has 0 aliphatic carbocycles. The van der Waals surface area contributed by atoms with E-state index >= 15 is 0 Å². The van der Waals surface area contributed by atoms with Gasteiger partial charge in [-0.1, -0.05) is 6.92 Å². The Morgan fingerprint density at radius 1 is 1.60 bits per heavy atom. The summed E-state index contributed by atoms with van der Waals surface area (Å²) in [5.74, 6) is 0.852. The van der Waals surface area contributed by atoms with Gasteiger partial charge in [-0.2, -0.15) is 0 Å². The molecule has 0 bridgehead atoms. The lowest BCUT2D eigenvalue weighted by molar-refractivity contribution is 0.299. The second-order valence-corrected chi connectivity index (χ2v) is 3.14. The quantitative estimate of drug-likeness (QED) is 0.561. The van der Waals surface area contributed by atoms with Crippen LogP contribution in [0.15, 0.2) is 0 Å². The Morgan fingerprint density at radius 2 is 2.40 bits per heavy atom. The predicted octanol–water partition coefficient (Wildman–Crippen LogP) is 0.562. The van der Waals surface area contributed by atoms with Crippen LogP contribution >= 0.6 is 0 Å². The van der Waals surface area contributed by atoms with Gasteiger partial charge in [0.05, 0.1) is 0 Å². The van der Waals surface area contributed by atoms with Crippen molar-refractivity contribution in [3.8, 4) is 0 Å². The van der Waals surface area contributed by atoms with Gasteiger partial charge in [-0.3, -0.25) is 0 Å². The molecule has 1 saturated heterocycles. The van der Waals surface area contributed by atoms with E-state index in [0.717, 1.165) is 25.6 Å². The van der Waals surface area contributed by atoms with Gasteiger partial charge in [-0.15, -0.1) is 0 Å². The molecule has 1 atom stereocenters. The average molecular weight is 141 g/mol. The second-order valence-electron chi connectivity index (χ2n) is 3.14. The lowest BCUT2D eigenvalue weighted by Crippen LogP contribution is -2.25. The fourth-order valence-corrected chi connectivity index (χ4v) is 1.36. The van der Waals surface area contributed by atoms with Crippen LogP contribution in [0.25, 0.3) is 0 Å². The van der Waals surface area contributed by atoms with Crippen LogP contribution in [0.4, 0.5) is 0 Å². The van der Waals surface area contributed by atoms with Crippen LogP contribution in [0.1, 0.15) is 13.3 Å². The van der Waals surface area contributed by atoms with E-state index in [2.05, 4.69) is 24.2 Å². The molecule has 1 rings (SSSR count). The van der Waals surface area contributed by atoms with Gasteiger partial charge in [-0.25, -0.2) is 5.32 Å². The van der Waals surface area contributed by atoms with Crippen LogP contribution < -0.4 is 5.32 Å². The Bertz CT molecular complexity index is 87.3. The van der Waals surface area contributed by atoms with E-state index < -0.39 is 0 Å². The monoisotopic (exact) mass is 141 g/mol. The van der Waals surface area contributed by atoms with Gasteiger partial charge in [0.25, 0.3) is 0 Å². The molecular formula is C8H17N2. The smallest absolute Gasteiger partial charge is 0.0174 e. The van der Waals surface area contributed by atoms with Crippen molar-refractivity contribution in [2.24, 2.45) is 5.92 Å². The molecule has 59 valence electrons. The highest BCUT2D eigenvalue weighted by Gasteiger charge is 2.15. The van der Waals surface area contributed by atoms with Crippen molar-refractivity contribution in [2.45, 2.75) is 13.3 Å². The minimum Gasteiger partial charge on any atom is -0.306 e. The molecule has 0 spiro atoms. The molecular weight excluding hydrogens is 124 g/mol. The molecule has 0 N–H and O–H groups in total. The molecule has 1 radical (unpaired) electrons. The maximum atomic E-state index is 4.33. The predicted molar refractivity (Wildman–Crippen MR) is 43.1 cm³/mol. The van der Waals surface area contributed by atoms with Crippen molar-refractivity contribution < 1.29 is 0 Å². The molecule has 0 amide bonds. The fourth-order valence-electron chi connectivity index (χ4n) is 1.36. The Morgan fingerprint density at radius 3 is 2.90 bits per heavy atom. The largest absolute Gasteiger partial charge is 0.306 e. The van der Waals surface area contributed by atoms with Crippen molar-refractivity contribution in [2.75, 3.05) is 33.2 Å². The van der Waals surface area contributed by atoms with Crippen LogP contribution in [-0.4, -0.2) is 38.1 Å². The summed E-state index contributed by atoms with van der Waals surface area (Å²) >= 11 is 0. The summed E-state index contributed by atoms with van der Waals surface area (Å²) in [6.45, 7) is 6.80. The van der Waals surface area contributed by atoms with Crippen LogP contribution in [0.5, 0.6) is 0 Å². The van der Waals surface area contributed by atoms with E-state index in [-0.39, 0.29) is 0 Å². The highest BCUT2D eigenvalue weighted by molar-refractivity contribution is 4.72. The Labute approximate surface area is 63.6 Å². The molecule has 2 nitrogen and oxygen atoms in total. The topological polar surface area (TPSA) is 17.3 Å². The first-order valence-electron chi connectivity index (χ1n) is 4.14. The molecule has 1 aliphatic heterocycles. The van der Waals surface area contributed by atoms with E-state index in [0.29, 0.717) is 0 Å². The molecule has 0 saturated carbocycles. The van der Waals surface area contributed by atoms with Crippen LogP contribution in [0.2, 0.25) is 0 Å². The van der Waals surface area contributed by atoms with Crippen LogP contribution in [0.3, 0.4) is 0 Å². The molecule has 10 heavy (non-hydrogen) atoms. The summed E-state index contributed by atoms with van der Waals surface area (Å²) in [6, 6.07) is 0. The second kappa shape index (κ2) is 3.94. The first-order chi connectivity index (χ1) is 4.83. The Balaban J connectivity index is 2.11. The molecule has 1 aliphatic rings. The summed E-state index contributed by atoms with van der Waals surface area (Å²) in [5, 5.41) is 4.33. The van der Waals surface area contributed by atoms with E-state index in [1.807, 2.05) is 0 Å². The maximum absolute atomic E-state index is 4.33. The molecule has 1 heterocycles. The van der Waals surface area contributed by atoms with Gasteiger partial charge >= 0.3 is 0 Å². The van der Waals surface area contributed by atoms with E-state index in [9.17, 15) is 0 Å². The molecule has 1 unspecified atom stereocenters. The first-order valence-corrected chi connectivity index (χ1v) is 4.14. The van der Waals surface area contributed by atoms with Gasteiger partial charge in [0.1, 0.15) is 0 Å². The van der Waals surface area contributed by atoms with Crippen LogP contribution in [0, 0.1) is 5.92 Å². The average Bonchev–Trinajstić information content (AvgIpc) is 2.40. The van der Waals surface area contributed by atoms with Crippen molar-refractivity contribution >= 4 is 0 Å². The Kier molecular flexibility index (Phi) is 3.16. The molecule has 0 aromatic rings. The van der Waals surface area contributed by atoms with Gasteiger partial charge in [0.15, 0.2) is 0 Å². The summed E-state index contributed by atoms with van der Waals surface area (Å²) in [6.07, 6.45) is 1.31. The highest BCUT2D eigenvalue weighted by Crippen LogP contribution is 2.09. The summed E-state index contributed by atoms with van der Waals surface area (Å²) in [7, 11) is 2.18. The lowest BCUT2D eigenvalue weighted by Gasteiger charge is -2.17. The van der Waals surface area contributed by atoms with E-state index in [4.69, 9.17) is 0 Å². The zero-order chi connectivity index (χ0) is 7.40. The van der Waals surface area contributed by atoms with Gasteiger partial charge < -0.3 is 4.90 Å². The third-order valence-corrected chi connectivity index (χ3v) is 2.19. The molecule has 0 aromatic carbocycles. The summed E-state index contributed by atoms with van der Waals surface area (Å²) in [4.78, 5) is 2.37. The SMILES string of the molecule is CCN(C)CC1CC[N]C1.